The van der Waals surface area contributed by atoms with Gasteiger partial charge in [0.1, 0.15) is 11.6 Å². The van der Waals surface area contributed by atoms with Crippen molar-refractivity contribution in [1.82, 2.24) is 0 Å². The van der Waals surface area contributed by atoms with Gasteiger partial charge in [-0.15, -0.1) is 0 Å². The molecule has 0 radical (unpaired) electrons. The van der Waals surface area contributed by atoms with E-state index in [-0.39, 0.29) is 11.4 Å². The van der Waals surface area contributed by atoms with Crippen molar-refractivity contribution < 1.29 is 30.9 Å². The number of carbonyl (C=O) groups excluding carboxylic acids is 1. The summed E-state index contributed by atoms with van der Waals surface area (Å²) in [6.45, 7) is 0. The van der Waals surface area contributed by atoms with Gasteiger partial charge in [0.05, 0.1) is 16.1 Å². The Labute approximate surface area is 157 Å². The summed E-state index contributed by atoms with van der Waals surface area (Å²) in [5.41, 5.74) is -1.72. The number of hydrogen-bond donors (Lipinski definition) is 3. The van der Waals surface area contributed by atoms with Crippen molar-refractivity contribution in [3.8, 4) is 6.07 Å². The quantitative estimate of drug-likeness (QED) is 0.394. The number of anilines is 2. The van der Waals surface area contributed by atoms with E-state index in [1.54, 1.807) is 6.07 Å². The van der Waals surface area contributed by atoms with Gasteiger partial charge in [-0.25, -0.2) is 0 Å². The van der Waals surface area contributed by atoms with Crippen LogP contribution >= 0.6 is 0 Å². The molecule has 0 saturated carbocycles. The molecular weight excluding hydrogens is 399 g/mol. The molecule has 0 fully saturated rings. The fourth-order valence-corrected chi connectivity index (χ4v) is 2.54. The van der Waals surface area contributed by atoms with Gasteiger partial charge in [-0.1, -0.05) is 12.1 Å². The van der Waals surface area contributed by atoms with Gasteiger partial charge in [0, 0.05) is 11.9 Å². The van der Waals surface area contributed by atoms with Crippen LogP contribution in [0.5, 0.6) is 0 Å². The minimum atomic E-state index is -4.62. The maximum atomic E-state index is 13.0. The summed E-state index contributed by atoms with van der Waals surface area (Å²) in [7, 11) is -4.40. The molecule has 146 valence electrons. The van der Waals surface area contributed by atoms with E-state index in [1.807, 2.05) is 0 Å². The lowest BCUT2D eigenvalue weighted by Gasteiger charge is -2.12. The maximum Gasteiger partial charge on any atom is 0.418 e. The third-order valence-corrected chi connectivity index (χ3v) is 4.25. The number of para-hydroxylation sites is 1. The second kappa shape index (κ2) is 8.12. The molecule has 2 rings (SSSR count). The molecule has 0 aliphatic heterocycles. The highest BCUT2D eigenvalue weighted by Crippen LogP contribution is 2.34. The van der Waals surface area contributed by atoms with Crippen LogP contribution in [0.25, 0.3) is 0 Å². The largest absolute Gasteiger partial charge is 0.418 e. The zero-order chi connectivity index (χ0) is 20.9. The third kappa shape index (κ3) is 5.32. The van der Waals surface area contributed by atoms with Gasteiger partial charge in [0.15, 0.2) is 0 Å². The first-order valence-electron chi connectivity index (χ1n) is 7.44. The molecule has 0 aromatic heterocycles. The Morgan fingerprint density at radius 3 is 2.25 bits per heavy atom. The zero-order valence-electron chi connectivity index (χ0n) is 13.9. The van der Waals surface area contributed by atoms with Crippen LogP contribution in [0.3, 0.4) is 0 Å². The van der Waals surface area contributed by atoms with Crippen LogP contribution in [-0.4, -0.2) is 18.9 Å². The van der Waals surface area contributed by atoms with Gasteiger partial charge in [-0.2, -0.15) is 26.9 Å². The fraction of sp³-hybridized carbons (Fsp3) is 0.0588. The van der Waals surface area contributed by atoms with Crippen molar-refractivity contribution in [2.45, 2.75) is 11.1 Å². The topological polar surface area (TPSA) is 119 Å². The highest BCUT2D eigenvalue weighted by Gasteiger charge is 2.33. The van der Waals surface area contributed by atoms with Crippen molar-refractivity contribution in [3.63, 3.8) is 0 Å². The lowest BCUT2D eigenvalue weighted by molar-refractivity contribution is -0.136. The van der Waals surface area contributed by atoms with Gasteiger partial charge in [-0.3, -0.25) is 9.35 Å². The van der Waals surface area contributed by atoms with E-state index in [0.29, 0.717) is 0 Å². The van der Waals surface area contributed by atoms with Crippen molar-refractivity contribution >= 4 is 27.4 Å². The number of amides is 1. The predicted molar refractivity (Wildman–Crippen MR) is 93.6 cm³/mol. The molecular formula is C17H12F3N3O4S. The minimum Gasteiger partial charge on any atom is -0.360 e. The molecule has 0 spiro atoms. The van der Waals surface area contributed by atoms with E-state index < -0.39 is 38.2 Å². The van der Waals surface area contributed by atoms with Crippen LogP contribution < -0.4 is 10.6 Å². The summed E-state index contributed by atoms with van der Waals surface area (Å²) in [6.07, 6.45) is -3.80. The molecule has 0 aliphatic carbocycles. The normalized spacial score (nSPS) is 12.2. The monoisotopic (exact) mass is 411 g/mol. The number of hydrogen-bond acceptors (Lipinski definition) is 5. The Balaban J connectivity index is 2.17. The smallest absolute Gasteiger partial charge is 0.360 e. The van der Waals surface area contributed by atoms with Crippen LogP contribution in [0.4, 0.5) is 24.5 Å². The van der Waals surface area contributed by atoms with Gasteiger partial charge in [0.2, 0.25) is 0 Å². The maximum absolute atomic E-state index is 13.0. The minimum absolute atomic E-state index is 0.106. The van der Waals surface area contributed by atoms with E-state index in [9.17, 15) is 26.4 Å². The molecule has 28 heavy (non-hydrogen) atoms. The molecule has 0 aliphatic rings. The van der Waals surface area contributed by atoms with Crippen LogP contribution in [0, 0.1) is 11.3 Å². The number of halogens is 3. The number of benzene rings is 2. The number of alkyl halides is 3. The fourth-order valence-electron chi connectivity index (χ4n) is 2.06. The zero-order valence-corrected chi connectivity index (χ0v) is 14.7. The Morgan fingerprint density at radius 2 is 1.71 bits per heavy atom. The molecule has 11 heteroatoms. The van der Waals surface area contributed by atoms with Crippen LogP contribution in [0.1, 0.15) is 5.56 Å². The summed E-state index contributed by atoms with van der Waals surface area (Å²) < 4.78 is 69.7. The summed E-state index contributed by atoms with van der Waals surface area (Å²) in [5.74, 6) is -0.931. The van der Waals surface area contributed by atoms with Gasteiger partial charge in [-0.05, 0) is 36.4 Å². The second-order valence-electron chi connectivity index (χ2n) is 5.31. The van der Waals surface area contributed by atoms with Crippen molar-refractivity contribution in [1.29, 1.82) is 5.26 Å². The number of rotatable bonds is 5. The molecule has 0 unspecified atom stereocenters. The van der Waals surface area contributed by atoms with Crippen molar-refractivity contribution in [2.24, 2.45) is 0 Å². The first-order valence-corrected chi connectivity index (χ1v) is 8.88. The van der Waals surface area contributed by atoms with Crippen LogP contribution in [0.2, 0.25) is 0 Å². The summed E-state index contributed by atoms with van der Waals surface area (Å²) in [5, 5.41) is 13.7. The van der Waals surface area contributed by atoms with Gasteiger partial charge < -0.3 is 10.6 Å². The lowest BCUT2D eigenvalue weighted by atomic mass is 10.1. The highest BCUT2D eigenvalue weighted by molar-refractivity contribution is 7.85. The average molecular weight is 411 g/mol. The van der Waals surface area contributed by atoms with E-state index in [1.165, 1.54) is 24.3 Å². The second-order valence-corrected chi connectivity index (χ2v) is 6.73. The SMILES string of the molecule is N#C/C(=C/Nc1ccccc1C(F)(F)F)C(=O)Nc1ccc(S(=O)(=O)O)cc1. The Bertz CT molecular complexity index is 1060. The number of carbonyl (C=O) groups is 1. The number of nitrogens with one attached hydrogen (secondary N) is 2. The van der Waals surface area contributed by atoms with Crippen LogP contribution in [-0.2, 0) is 21.1 Å². The van der Waals surface area contributed by atoms with Crippen LogP contribution in [0.15, 0.2) is 65.2 Å². The summed E-state index contributed by atoms with van der Waals surface area (Å²) in [4.78, 5) is 11.7. The average Bonchev–Trinajstić information content (AvgIpc) is 2.61. The highest BCUT2D eigenvalue weighted by atomic mass is 32.2. The van der Waals surface area contributed by atoms with E-state index >= 15 is 0 Å². The lowest BCUT2D eigenvalue weighted by Crippen LogP contribution is -2.15. The summed E-state index contributed by atoms with van der Waals surface area (Å²) in [6, 6.07) is 10.5. The molecule has 2 aromatic carbocycles. The first kappa shape index (κ1) is 20.9. The molecule has 0 heterocycles. The van der Waals surface area contributed by atoms with E-state index in [0.717, 1.165) is 30.5 Å². The molecule has 1 amide bonds. The van der Waals surface area contributed by atoms with E-state index in [2.05, 4.69) is 10.6 Å². The molecule has 3 N–H and O–H groups in total. The van der Waals surface area contributed by atoms with Gasteiger partial charge in [0.25, 0.3) is 16.0 Å². The number of nitrogens with zero attached hydrogens (tertiary/aromatic N) is 1. The molecule has 0 saturated heterocycles. The standard InChI is InChI=1S/C17H12F3N3O4S/c18-17(19,20)14-3-1-2-4-15(14)22-10-11(9-21)16(24)23-12-5-7-13(8-6-12)28(25,26)27/h1-8,10,22H,(H,23,24)(H,25,26,27)/b11-10-. The van der Waals surface area contributed by atoms with E-state index in [4.69, 9.17) is 9.81 Å². The van der Waals surface area contributed by atoms with Gasteiger partial charge >= 0.3 is 6.18 Å². The van der Waals surface area contributed by atoms with Crippen molar-refractivity contribution in [2.75, 3.05) is 10.6 Å². The molecule has 2 aromatic rings. The Hall–Kier alpha value is -3.36. The summed E-state index contributed by atoms with van der Waals surface area (Å²) >= 11 is 0. The van der Waals surface area contributed by atoms with Crippen molar-refractivity contribution in [3.05, 3.63) is 65.9 Å². The Kier molecular flexibility index (Phi) is 6.07. The molecule has 7 nitrogen and oxygen atoms in total. The molecule has 0 atom stereocenters. The third-order valence-electron chi connectivity index (χ3n) is 3.38. The number of nitriles is 1. The first-order chi connectivity index (χ1) is 13.0. The Morgan fingerprint density at radius 1 is 1.11 bits per heavy atom. The molecule has 0 bridgehead atoms. The predicted octanol–water partition coefficient (Wildman–Crippen LogP) is 3.41.